The zero-order valence-corrected chi connectivity index (χ0v) is 9.46. The highest BCUT2D eigenvalue weighted by Crippen LogP contribution is 2.36. The van der Waals surface area contributed by atoms with Crippen molar-refractivity contribution in [1.82, 2.24) is 5.32 Å². The smallest absolute Gasteiger partial charge is 0.126 e. The Bertz CT molecular complexity index is 252. The molecule has 2 heterocycles. The van der Waals surface area contributed by atoms with Crippen molar-refractivity contribution in [3.63, 3.8) is 0 Å². The first-order chi connectivity index (χ1) is 7.27. The zero-order chi connectivity index (χ0) is 10.7. The second-order valence-electron chi connectivity index (χ2n) is 4.54. The van der Waals surface area contributed by atoms with Gasteiger partial charge in [0.2, 0.25) is 0 Å². The van der Waals surface area contributed by atoms with Gasteiger partial charge in [-0.3, -0.25) is 0 Å². The van der Waals surface area contributed by atoms with E-state index < -0.39 is 5.60 Å². The van der Waals surface area contributed by atoms with Crippen molar-refractivity contribution in [2.24, 2.45) is 5.92 Å². The van der Waals surface area contributed by atoms with Crippen molar-refractivity contribution in [3.05, 3.63) is 11.8 Å². The highest BCUT2D eigenvalue weighted by atomic mass is 16.5. The molecule has 3 heteroatoms. The minimum Gasteiger partial charge on any atom is -0.495 e. The SMILES string of the molecule is CCC1CNCCC1(O)C1=CCCCO1. The van der Waals surface area contributed by atoms with E-state index in [0.29, 0.717) is 0 Å². The number of hydrogen-bond acceptors (Lipinski definition) is 3. The standard InChI is InChI=1S/C12H21NO2/c1-2-10-9-13-7-6-12(10,14)11-5-3-4-8-15-11/h5,10,13-14H,2-4,6-9H2,1H3. The summed E-state index contributed by atoms with van der Waals surface area (Å²) in [6.45, 7) is 4.67. The van der Waals surface area contributed by atoms with E-state index in [9.17, 15) is 5.11 Å². The van der Waals surface area contributed by atoms with Crippen LogP contribution in [-0.2, 0) is 4.74 Å². The van der Waals surface area contributed by atoms with Gasteiger partial charge in [0, 0.05) is 12.5 Å². The number of ether oxygens (including phenoxy) is 1. The second kappa shape index (κ2) is 4.54. The zero-order valence-electron chi connectivity index (χ0n) is 9.46. The summed E-state index contributed by atoms with van der Waals surface area (Å²) in [4.78, 5) is 0. The predicted molar refractivity (Wildman–Crippen MR) is 59.5 cm³/mol. The highest BCUT2D eigenvalue weighted by molar-refractivity contribution is 5.16. The third kappa shape index (κ3) is 2.04. The average Bonchev–Trinajstić information content (AvgIpc) is 2.31. The van der Waals surface area contributed by atoms with Crippen LogP contribution in [0.15, 0.2) is 11.8 Å². The van der Waals surface area contributed by atoms with Crippen LogP contribution in [0.4, 0.5) is 0 Å². The number of hydrogen-bond donors (Lipinski definition) is 2. The Balaban J connectivity index is 2.17. The Morgan fingerprint density at radius 2 is 2.53 bits per heavy atom. The summed E-state index contributed by atoms with van der Waals surface area (Å²) in [5.41, 5.74) is -0.708. The van der Waals surface area contributed by atoms with E-state index in [2.05, 4.69) is 18.3 Å². The summed E-state index contributed by atoms with van der Waals surface area (Å²) in [7, 11) is 0. The molecule has 0 aromatic rings. The molecule has 0 bridgehead atoms. The van der Waals surface area contributed by atoms with Crippen LogP contribution in [0.25, 0.3) is 0 Å². The molecule has 0 aromatic heterocycles. The highest BCUT2D eigenvalue weighted by Gasteiger charge is 2.42. The van der Waals surface area contributed by atoms with Crippen molar-refractivity contribution in [1.29, 1.82) is 0 Å². The first-order valence-electron chi connectivity index (χ1n) is 6.04. The molecule has 2 N–H and O–H groups in total. The van der Waals surface area contributed by atoms with Crippen molar-refractivity contribution in [2.75, 3.05) is 19.7 Å². The van der Waals surface area contributed by atoms with Crippen LogP contribution in [0, 0.1) is 5.92 Å². The molecule has 0 amide bonds. The number of allylic oxidation sites excluding steroid dienone is 1. The predicted octanol–water partition coefficient (Wildman–Crippen LogP) is 1.43. The van der Waals surface area contributed by atoms with E-state index in [1.807, 2.05) is 0 Å². The van der Waals surface area contributed by atoms with E-state index >= 15 is 0 Å². The fraction of sp³-hybridized carbons (Fsp3) is 0.833. The lowest BCUT2D eigenvalue weighted by Crippen LogP contribution is -2.52. The Hall–Kier alpha value is -0.540. The summed E-state index contributed by atoms with van der Waals surface area (Å²) in [6, 6.07) is 0. The van der Waals surface area contributed by atoms with Gasteiger partial charge in [0.25, 0.3) is 0 Å². The van der Waals surface area contributed by atoms with Crippen molar-refractivity contribution in [2.45, 2.75) is 38.2 Å². The van der Waals surface area contributed by atoms with Crippen molar-refractivity contribution < 1.29 is 9.84 Å². The summed E-state index contributed by atoms with van der Waals surface area (Å²) >= 11 is 0. The van der Waals surface area contributed by atoms with Crippen LogP contribution in [0.3, 0.4) is 0 Å². The largest absolute Gasteiger partial charge is 0.495 e. The van der Waals surface area contributed by atoms with Crippen LogP contribution in [0.1, 0.15) is 32.6 Å². The van der Waals surface area contributed by atoms with E-state index in [4.69, 9.17) is 4.74 Å². The monoisotopic (exact) mass is 211 g/mol. The van der Waals surface area contributed by atoms with Crippen LogP contribution in [0.5, 0.6) is 0 Å². The van der Waals surface area contributed by atoms with Crippen molar-refractivity contribution in [3.8, 4) is 0 Å². The molecule has 15 heavy (non-hydrogen) atoms. The molecule has 0 aliphatic carbocycles. The average molecular weight is 211 g/mol. The summed E-state index contributed by atoms with van der Waals surface area (Å²) in [6.07, 6.45) is 5.97. The van der Waals surface area contributed by atoms with Gasteiger partial charge in [0.05, 0.1) is 6.61 Å². The van der Waals surface area contributed by atoms with Gasteiger partial charge in [-0.25, -0.2) is 0 Å². The van der Waals surface area contributed by atoms with Gasteiger partial charge in [0.15, 0.2) is 0 Å². The molecule has 2 unspecified atom stereocenters. The minimum atomic E-state index is -0.708. The quantitative estimate of drug-likeness (QED) is 0.726. The summed E-state index contributed by atoms with van der Waals surface area (Å²) in [5, 5.41) is 14.1. The Morgan fingerprint density at radius 3 is 3.20 bits per heavy atom. The molecule has 1 fully saturated rings. The molecule has 2 aliphatic heterocycles. The molecule has 2 aliphatic rings. The molecule has 3 nitrogen and oxygen atoms in total. The topological polar surface area (TPSA) is 41.5 Å². The molecule has 0 spiro atoms. The Morgan fingerprint density at radius 1 is 1.67 bits per heavy atom. The van der Waals surface area contributed by atoms with Gasteiger partial charge in [-0.15, -0.1) is 0 Å². The van der Waals surface area contributed by atoms with Gasteiger partial charge in [0.1, 0.15) is 11.4 Å². The lowest BCUT2D eigenvalue weighted by molar-refractivity contribution is -0.0583. The number of aliphatic hydroxyl groups is 1. The maximum absolute atomic E-state index is 10.7. The third-order valence-corrected chi connectivity index (χ3v) is 3.60. The fourth-order valence-corrected chi connectivity index (χ4v) is 2.59. The maximum atomic E-state index is 10.7. The second-order valence-corrected chi connectivity index (χ2v) is 4.54. The first-order valence-corrected chi connectivity index (χ1v) is 6.04. The van der Waals surface area contributed by atoms with Crippen LogP contribution >= 0.6 is 0 Å². The maximum Gasteiger partial charge on any atom is 0.126 e. The molecular weight excluding hydrogens is 190 g/mol. The molecule has 0 saturated carbocycles. The number of piperidine rings is 1. The lowest BCUT2D eigenvalue weighted by Gasteiger charge is -2.42. The third-order valence-electron chi connectivity index (χ3n) is 3.60. The molecule has 86 valence electrons. The normalized spacial score (nSPS) is 36.9. The summed E-state index contributed by atoms with van der Waals surface area (Å²) in [5.74, 6) is 1.12. The molecular formula is C12H21NO2. The van der Waals surface area contributed by atoms with Gasteiger partial charge in [-0.1, -0.05) is 6.92 Å². The molecule has 2 rings (SSSR count). The van der Waals surface area contributed by atoms with E-state index in [1.165, 1.54) is 0 Å². The molecule has 0 aromatic carbocycles. The van der Waals surface area contributed by atoms with Crippen molar-refractivity contribution >= 4 is 0 Å². The number of nitrogens with one attached hydrogen (secondary N) is 1. The van der Waals surface area contributed by atoms with Gasteiger partial charge in [-0.05, 0) is 38.3 Å². The Labute approximate surface area is 91.5 Å². The number of rotatable bonds is 2. The minimum absolute atomic E-state index is 0.288. The van der Waals surface area contributed by atoms with Gasteiger partial charge >= 0.3 is 0 Å². The van der Waals surface area contributed by atoms with E-state index in [-0.39, 0.29) is 5.92 Å². The summed E-state index contributed by atoms with van der Waals surface area (Å²) < 4.78 is 5.64. The first kappa shape index (κ1) is 11.0. The van der Waals surface area contributed by atoms with E-state index in [0.717, 1.165) is 51.1 Å². The van der Waals surface area contributed by atoms with Gasteiger partial charge < -0.3 is 15.2 Å². The molecule has 0 radical (unpaired) electrons. The molecule has 2 atom stereocenters. The van der Waals surface area contributed by atoms with Crippen LogP contribution < -0.4 is 5.32 Å². The van der Waals surface area contributed by atoms with Crippen LogP contribution in [0.2, 0.25) is 0 Å². The van der Waals surface area contributed by atoms with Gasteiger partial charge in [-0.2, -0.15) is 0 Å². The molecule has 1 saturated heterocycles. The van der Waals surface area contributed by atoms with E-state index in [1.54, 1.807) is 0 Å². The Kier molecular flexibility index (Phi) is 3.32. The van der Waals surface area contributed by atoms with Crippen LogP contribution in [-0.4, -0.2) is 30.4 Å². The lowest BCUT2D eigenvalue weighted by atomic mass is 9.78. The fourth-order valence-electron chi connectivity index (χ4n) is 2.59.